The molecule has 0 saturated heterocycles. The Balaban J connectivity index is 1.62. The number of benzene rings is 1. The number of rotatable bonds is 9. The zero-order valence-corrected chi connectivity index (χ0v) is 18.5. The van der Waals surface area contributed by atoms with Crippen molar-refractivity contribution in [3.63, 3.8) is 0 Å². The highest BCUT2D eigenvalue weighted by molar-refractivity contribution is 5.80. The number of amides is 1. The van der Waals surface area contributed by atoms with Crippen LogP contribution in [0.5, 0.6) is 11.8 Å². The van der Waals surface area contributed by atoms with Crippen molar-refractivity contribution in [1.82, 2.24) is 14.9 Å². The van der Waals surface area contributed by atoms with Gasteiger partial charge < -0.3 is 14.8 Å². The molecule has 0 radical (unpaired) electrons. The number of carbonyl (C=O) groups excluding carboxylic acids is 1. The summed E-state index contributed by atoms with van der Waals surface area (Å²) >= 11 is 0. The first-order chi connectivity index (χ1) is 15.2. The third-order valence-electron chi connectivity index (χ3n) is 5.85. The molecular formula is C22H29F4N3O3. The van der Waals surface area contributed by atoms with Gasteiger partial charge in [-0.15, -0.1) is 0 Å². The number of nitrogens with zero attached hydrogens (tertiary/aromatic N) is 2. The topological polar surface area (TPSA) is 65.4 Å². The molecule has 0 unspecified atom stereocenters. The first-order valence-electron chi connectivity index (χ1n) is 10.8. The molecule has 1 fully saturated rings. The lowest BCUT2D eigenvalue weighted by molar-refractivity contribution is -0.119. The second-order valence-corrected chi connectivity index (χ2v) is 8.46. The lowest BCUT2D eigenvalue weighted by atomic mass is 9.84. The molecule has 1 aliphatic carbocycles. The van der Waals surface area contributed by atoms with Crippen LogP contribution in [-0.4, -0.2) is 40.6 Å². The molecule has 32 heavy (non-hydrogen) atoms. The maximum Gasteiger partial charge on any atom is 0.297 e. The number of hydrogen-bond acceptors (Lipinski definition) is 4. The van der Waals surface area contributed by atoms with E-state index in [0.29, 0.717) is 5.92 Å². The summed E-state index contributed by atoms with van der Waals surface area (Å²) in [5, 5.41) is 2.89. The van der Waals surface area contributed by atoms with Crippen LogP contribution in [0.3, 0.4) is 0 Å². The fourth-order valence-corrected chi connectivity index (χ4v) is 4.21. The Kier molecular flexibility index (Phi) is 7.84. The molecule has 3 rings (SSSR count). The van der Waals surface area contributed by atoms with Crippen LogP contribution in [0.1, 0.15) is 52.4 Å². The van der Waals surface area contributed by atoms with Crippen molar-refractivity contribution in [2.24, 2.45) is 13.0 Å². The number of aromatic nitrogens is 2. The van der Waals surface area contributed by atoms with Gasteiger partial charge in [0.1, 0.15) is 23.7 Å². The van der Waals surface area contributed by atoms with Crippen molar-refractivity contribution < 1.29 is 31.8 Å². The number of alkyl halides is 2. The summed E-state index contributed by atoms with van der Waals surface area (Å²) in [6, 6.07) is 0.941. The third-order valence-corrected chi connectivity index (χ3v) is 5.85. The largest absolute Gasteiger partial charge is 0.484 e. The minimum atomic E-state index is -2.80. The molecule has 1 aromatic heterocycles. The third kappa shape index (κ3) is 5.83. The van der Waals surface area contributed by atoms with Gasteiger partial charge >= 0.3 is 0 Å². The highest BCUT2D eigenvalue weighted by Gasteiger charge is 2.26. The molecule has 2 aromatic rings. The minimum absolute atomic E-state index is 0.0300. The molecule has 0 bridgehead atoms. The Hall–Kier alpha value is -2.52. The number of fused-ring (bicyclic) bond motifs is 1. The molecular weight excluding hydrogens is 430 g/mol. The van der Waals surface area contributed by atoms with Gasteiger partial charge in [0, 0.05) is 26.1 Å². The molecule has 10 heteroatoms. The molecule has 1 amide bonds. The van der Waals surface area contributed by atoms with E-state index in [-0.39, 0.29) is 35.1 Å². The number of hydrogen-bond donors (Lipinski definition) is 1. The second kappa shape index (κ2) is 10.4. The maximum atomic E-state index is 14.8. The van der Waals surface area contributed by atoms with Crippen LogP contribution in [0.15, 0.2) is 6.07 Å². The van der Waals surface area contributed by atoms with E-state index in [0.717, 1.165) is 44.6 Å². The SMILES string of the molecule is CC(=O)N[C@@H](C)CCC1CCC(Oc2nc3c(F)cc(OCC(F)F)c(F)c3n2C)CC1. The predicted octanol–water partition coefficient (Wildman–Crippen LogP) is 4.74. The van der Waals surface area contributed by atoms with Crippen molar-refractivity contribution in [3.8, 4) is 11.8 Å². The fourth-order valence-electron chi connectivity index (χ4n) is 4.21. The molecule has 178 valence electrons. The fraction of sp³-hybridized carbons (Fsp3) is 0.636. The lowest BCUT2D eigenvalue weighted by Gasteiger charge is -2.29. The van der Waals surface area contributed by atoms with Crippen molar-refractivity contribution >= 4 is 16.9 Å². The van der Waals surface area contributed by atoms with E-state index in [1.54, 1.807) is 0 Å². The quantitative estimate of drug-likeness (QED) is 0.551. The number of nitrogens with one attached hydrogen (secondary N) is 1. The summed E-state index contributed by atoms with van der Waals surface area (Å²) < 4.78 is 65.9. The average molecular weight is 459 g/mol. The van der Waals surface area contributed by atoms with Crippen LogP contribution in [0.4, 0.5) is 17.6 Å². The molecule has 1 aromatic carbocycles. The van der Waals surface area contributed by atoms with Crippen LogP contribution in [0.25, 0.3) is 11.0 Å². The Morgan fingerprint density at radius 1 is 1.28 bits per heavy atom. The van der Waals surface area contributed by atoms with Gasteiger partial charge in [-0.2, -0.15) is 4.98 Å². The van der Waals surface area contributed by atoms with Crippen LogP contribution in [0, 0.1) is 17.6 Å². The van der Waals surface area contributed by atoms with E-state index < -0.39 is 30.4 Å². The zero-order valence-electron chi connectivity index (χ0n) is 18.5. The molecule has 1 aliphatic rings. The molecule has 1 saturated carbocycles. The van der Waals surface area contributed by atoms with E-state index in [4.69, 9.17) is 9.47 Å². The molecule has 0 spiro atoms. The van der Waals surface area contributed by atoms with Crippen molar-refractivity contribution in [1.29, 1.82) is 0 Å². The van der Waals surface area contributed by atoms with Gasteiger partial charge in [-0.3, -0.25) is 9.36 Å². The lowest BCUT2D eigenvalue weighted by Crippen LogP contribution is -2.31. The minimum Gasteiger partial charge on any atom is -0.484 e. The van der Waals surface area contributed by atoms with E-state index >= 15 is 0 Å². The van der Waals surface area contributed by atoms with Gasteiger partial charge in [-0.05, 0) is 51.4 Å². The van der Waals surface area contributed by atoms with E-state index in [2.05, 4.69) is 10.3 Å². The Labute approximate surface area is 184 Å². The summed E-state index contributed by atoms with van der Waals surface area (Å²) in [4.78, 5) is 15.2. The number of imidazole rings is 1. The normalized spacial score (nSPS) is 19.9. The van der Waals surface area contributed by atoms with Crippen LogP contribution in [-0.2, 0) is 11.8 Å². The maximum absolute atomic E-state index is 14.8. The number of halogens is 4. The first-order valence-corrected chi connectivity index (χ1v) is 10.8. The standard InChI is InChI=1S/C22H29F4N3O3/c1-12(27-13(2)30)4-5-14-6-8-15(9-7-14)32-22-28-20-16(23)10-17(31-11-18(24)25)19(26)21(20)29(22)3/h10,12,14-15,18H,4-9,11H2,1-3H3,(H,27,30)/t12-,14?,15?/m0/s1. The molecule has 0 aliphatic heterocycles. The van der Waals surface area contributed by atoms with E-state index in [1.165, 1.54) is 18.5 Å². The van der Waals surface area contributed by atoms with Crippen molar-refractivity contribution in [3.05, 3.63) is 17.7 Å². The van der Waals surface area contributed by atoms with Gasteiger partial charge in [0.2, 0.25) is 5.91 Å². The van der Waals surface area contributed by atoms with E-state index in [9.17, 15) is 22.4 Å². The van der Waals surface area contributed by atoms with Crippen LogP contribution in [0.2, 0.25) is 0 Å². The zero-order chi connectivity index (χ0) is 23.4. The summed E-state index contributed by atoms with van der Waals surface area (Å²) in [7, 11) is 1.49. The van der Waals surface area contributed by atoms with Crippen molar-refractivity contribution in [2.75, 3.05) is 6.61 Å². The van der Waals surface area contributed by atoms with Crippen LogP contribution < -0.4 is 14.8 Å². The predicted molar refractivity (Wildman–Crippen MR) is 111 cm³/mol. The smallest absolute Gasteiger partial charge is 0.297 e. The number of aryl methyl sites for hydroxylation is 1. The molecule has 1 atom stereocenters. The molecule has 6 nitrogen and oxygen atoms in total. The monoisotopic (exact) mass is 459 g/mol. The van der Waals surface area contributed by atoms with Gasteiger partial charge in [0.15, 0.2) is 17.4 Å². The molecule has 1 heterocycles. The highest BCUT2D eigenvalue weighted by atomic mass is 19.3. The number of ether oxygens (including phenoxy) is 2. The Bertz CT molecular complexity index is 942. The highest BCUT2D eigenvalue weighted by Crippen LogP contribution is 2.34. The Morgan fingerprint density at radius 3 is 2.59 bits per heavy atom. The summed E-state index contributed by atoms with van der Waals surface area (Å²) in [6.45, 7) is 2.47. The van der Waals surface area contributed by atoms with Gasteiger partial charge in [-0.1, -0.05) is 0 Å². The second-order valence-electron chi connectivity index (χ2n) is 8.46. The first kappa shape index (κ1) is 24.1. The number of carbonyl (C=O) groups is 1. The molecule has 1 N–H and O–H groups in total. The van der Waals surface area contributed by atoms with Gasteiger partial charge in [0.05, 0.1) is 0 Å². The summed E-state index contributed by atoms with van der Waals surface area (Å²) in [6.07, 6.45) is 2.47. The van der Waals surface area contributed by atoms with Gasteiger partial charge in [0.25, 0.3) is 12.4 Å². The average Bonchev–Trinajstić information content (AvgIpc) is 3.05. The Morgan fingerprint density at radius 2 is 1.97 bits per heavy atom. The van der Waals surface area contributed by atoms with E-state index in [1.807, 2.05) is 6.92 Å². The van der Waals surface area contributed by atoms with Crippen LogP contribution >= 0.6 is 0 Å². The summed E-state index contributed by atoms with van der Waals surface area (Å²) in [5.74, 6) is -1.90. The van der Waals surface area contributed by atoms with Crippen molar-refractivity contribution in [2.45, 2.75) is 70.9 Å². The summed E-state index contributed by atoms with van der Waals surface area (Å²) in [5.41, 5.74) is -0.421. The van der Waals surface area contributed by atoms with Gasteiger partial charge in [-0.25, -0.2) is 17.6 Å².